The predicted molar refractivity (Wildman–Crippen MR) is 75.2 cm³/mol. The van der Waals surface area contributed by atoms with Gasteiger partial charge in [-0.05, 0) is 40.7 Å². The second kappa shape index (κ2) is 7.22. The monoisotopic (exact) mass is 272 g/mol. The van der Waals surface area contributed by atoms with Crippen LogP contribution in [0.3, 0.4) is 0 Å². The number of nitrogens with one attached hydrogen (secondary N) is 1. The minimum absolute atomic E-state index is 0.207. The number of rotatable bonds is 5. The Labute approximate surface area is 116 Å². The molecule has 1 saturated heterocycles. The Balaban J connectivity index is 2.65. The smallest absolute Gasteiger partial charge is 0.325 e. The Kier molecular flexibility index (Phi) is 6.23. The third-order valence-corrected chi connectivity index (χ3v) is 4.00. The second-order valence-electron chi connectivity index (χ2n) is 5.66. The maximum Gasteiger partial charge on any atom is 0.325 e. The molecule has 19 heavy (non-hydrogen) atoms. The summed E-state index contributed by atoms with van der Waals surface area (Å²) in [6.45, 7) is 8.92. The van der Waals surface area contributed by atoms with Gasteiger partial charge in [0.05, 0.1) is 13.2 Å². The first kappa shape index (κ1) is 16.4. The van der Waals surface area contributed by atoms with Gasteiger partial charge in [-0.2, -0.15) is 0 Å². The SMILES string of the molecule is CNC(C)(CC(C)N1CCCOC(C)C1)C(=O)OC. The maximum atomic E-state index is 11.9. The van der Waals surface area contributed by atoms with E-state index in [0.717, 1.165) is 32.5 Å². The van der Waals surface area contributed by atoms with Crippen molar-refractivity contribution in [2.24, 2.45) is 0 Å². The molecule has 5 heteroatoms. The lowest BCUT2D eigenvalue weighted by atomic mass is 9.93. The first-order chi connectivity index (χ1) is 8.92. The number of carbonyl (C=O) groups excluding carboxylic acids is 1. The summed E-state index contributed by atoms with van der Waals surface area (Å²) in [6.07, 6.45) is 2.02. The predicted octanol–water partition coefficient (Wildman–Crippen LogP) is 1.03. The summed E-state index contributed by atoms with van der Waals surface area (Å²) < 4.78 is 10.6. The maximum absolute atomic E-state index is 11.9. The van der Waals surface area contributed by atoms with Crippen LogP contribution in [0, 0.1) is 0 Å². The highest BCUT2D eigenvalue weighted by Crippen LogP contribution is 2.19. The molecular formula is C14H28N2O3. The van der Waals surface area contributed by atoms with Crippen LogP contribution in [-0.2, 0) is 14.3 Å². The fourth-order valence-corrected chi connectivity index (χ4v) is 2.66. The van der Waals surface area contributed by atoms with E-state index in [2.05, 4.69) is 24.1 Å². The van der Waals surface area contributed by atoms with Crippen LogP contribution in [0.4, 0.5) is 0 Å². The quantitative estimate of drug-likeness (QED) is 0.758. The van der Waals surface area contributed by atoms with Crippen molar-refractivity contribution < 1.29 is 14.3 Å². The van der Waals surface area contributed by atoms with Crippen LogP contribution in [0.25, 0.3) is 0 Å². The molecule has 0 spiro atoms. The number of hydrogen-bond acceptors (Lipinski definition) is 5. The van der Waals surface area contributed by atoms with E-state index in [4.69, 9.17) is 9.47 Å². The van der Waals surface area contributed by atoms with Crippen LogP contribution < -0.4 is 5.32 Å². The first-order valence-electron chi connectivity index (χ1n) is 7.06. The van der Waals surface area contributed by atoms with Gasteiger partial charge in [0, 0.05) is 25.7 Å². The van der Waals surface area contributed by atoms with E-state index in [-0.39, 0.29) is 12.1 Å². The molecule has 5 nitrogen and oxygen atoms in total. The highest BCUT2D eigenvalue weighted by Gasteiger charge is 2.36. The largest absolute Gasteiger partial charge is 0.468 e. The summed E-state index contributed by atoms with van der Waals surface area (Å²) in [5, 5.41) is 3.09. The van der Waals surface area contributed by atoms with Crippen LogP contribution in [0.15, 0.2) is 0 Å². The minimum Gasteiger partial charge on any atom is -0.468 e. The zero-order valence-corrected chi connectivity index (χ0v) is 12.9. The summed E-state index contributed by atoms with van der Waals surface area (Å²) in [6, 6.07) is 0.306. The molecule has 3 unspecified atom stereocenters. The lowest BCUT2D eigenvalue weighted by Gasteiger charge is -2.35. The van der Waals surface area contributed by atoms with Gasteiger partial charge in [0.1, 0.15) is 5.54 Å². The Morgan fingerprint density at radius 3 is 2.89 bits per heavy atom. The van der Waals surface area contributed by atoms with Crippen molar-refractivity contribution in [3.8, 4) is 0 Å². The molecule has 0 aromatic heterocycles. The van der Waals surface area contributed by atoms with Crippen LogP contribution >= 0.6 is 0 Å². The van der Waals surface area contributed by atoms with Gasteiger partial charge in [0.2, 0.25) is 0 Å². The van der Waals surface area contributed by atoms with Gasteiger partial charge in [-0.1, -0.05) is 0 Å². The van der Waals surface area contributed by atoms with Crippen molar-refractivity contribution in [1.29, 1.82) is 0 Å². The number of methoxy groups -OCH3 is 1. The van der Waals surface area contributed by atoms with Gasteiger partial charge in [-0.15, -0.1) is 0 Å². The van der Waals surface area contributed by atoms with E-state index in [9.17, 15) is 4.79 Å². The minimum atomic E-state index is -0.634. The average Bonchev–Trinajstić information content (AvgIpc) is 2.62. The Bertz CT molecular complexity index is 298. The normalized spacial score (nSPS) is 26.3. The summed E-state index contributed by atoms with van der Waals surface area (Å²) in [5.41, 5.74) is -0.634. The molecule has 0 aromatic carbocycles. The molecule has 1 aliphatic heterocycles. The van der Waals surface area contributed by atoms with Gasteiger partial charge in [0.25, 0.3) is 0 Å². The molecule has 3 atom stereocenters. The topological polar surface area (TPSA) is 50.8 Å². The molecule has 1 rings (SSSR count). The van der Waals surface area contributed by atoms with E-state index in [1.807, 2.05) is 6.92 Å². The van der Waals surface area contributed by atoms with Gasteiger partial charge >= 0.3 is 5.97 Å². The van der Waals surface area contributed by atoms with Crippen LogP contribution in [0.2, 0.25) is 0 Å². The van der Waals surface area contributed by atoms with Crippen molar-refractivity contribution in [2.75, 3.05) is 33.9 Å². The number of esters is 1. The molecule has 0 bridgehead atoms. The van der Waals surface area contributed by atoms with E-state index >= 15 is 0 Å². The first-order valence-corrected chi connectivity index (χ1v) is 7.06. The molecule has 1 aliphatic rings. The number of carbonyl (C=O) groups is 1. The molecule has 1 N–H and O–H groups in total. The van der Waals surface area contributed by atoms with Crippen molar-refractivity contribution in [3.63, 3.8) is 0 Å². The van der Waals surface area contributed by atoms with E-state index in [1.54, 1.807) is 7.05 Å². The summed E-state index contributed by atoms with van der Waals surface area (Å²) >= 11 is 0. The zero-order chi connectivity index (χ0) is 14.5. The zero-order valence-electron chi connectivity index (χ0n) is 12.9. The third kappa shape index (κ3) is 4.44. The van der Waals surface area contributed by atoms with E-state index in [1.165, 1.54) is 7.11 Å². The van der Waals surface area contributed by atoms with Crippen LogP contribution in [-0.4, -0.2) is 62.4 Å². The van der Waals surface area contributed by atoms with Gasteiger partial charge < -0.3 is 14.8 Å². The lowest BCUT2D eigenvalue weighted by molar-refractivity contribution is -0.148. The second-order valence-corrected chi connectivity index (χ2v) is 5.66. The van der Waals surface area contributed by atoms with Gasteiger partial charge in [0.15, 0.2) is 0 Å². The summed E-state index contributed by atoms with van der Waals surface area (Å²) in [4.78, 5) is 14.3. The number of hydrogen-bond donors (Lipinski definition) is 1. The van der Waals surface area contributed by atoms with E-state index < -0.39 is 5.54 Å². The molecule has 0 radical (unpaired) electrons. The Hall–Kier alpha value is -0.650. The fraction of sp³-hybridized carbons (Fsp3) is 0.929. The average molecular weight is 272 g/mol. The van der Waals surface area contributed by atoms with Crippen LogP contribution in [0.5, 0.6) is 0 Å². The molecule has 0 saturated carbocycles. The van der Waals surface area contributed by atoms with Gasteiger partial charge in [-0.25, -0.2) is 0 Å². The Morgan fingerprint density at radius 2 is 2.32 bits per heavy atom. The third-order valence-electron chi connectivity index (χ3n) is 4.00. The Morgan fingerprint density at radius 1 is 1.63 bits per heavy atom. The molecule has 0 aliphatic carbocycles. The van der Waals surface area contributed by atoms with Crippen molar-refractivity contribution >= 4 is 5.97 Å². The lowest BCUT2D eigenvalue weighted by Crippen LogP contribution is -2.53. The number of ether oxygens (including phenoxy) is 2. The molecular weight excluding hydrogens is 244 g/mol. The standard InChI is InChI=1S/C14H28N2O3/c1-11(9-14(3,15-4)13(17)18-5)16-7-6-8-19-12(2)10-16/h11-12,15H,6-10H2,1-5H3. The molecule has 1 heterocycles. The molecule has 0 amide bonds. The van der Waals surface area contributed by atoms with Crippen LogP contribution in [0.1, 0.15) is 33.6 Å². The van der Waals surface area contributed by atoms with Crippen molar-refractivity contribution in [2.45, 2.75) is 51.3 Å². The number of likely N-dealkylation sites (N-methyl/N-ethyl adjacent to an activating group) is 1. The molecule has 1 fully saturated rings. The highest BCUT2D eigenvalue weighted by atomic mass is 16.5. The van der Waals surface area contributed by atoms with E-state index in [0.29, 0.717) is 6.04 Å². The van der Waals surface area contributed by atoms with Crippen molar-refractivity contribution in [3.05, 3.63) is 0 Å². The fourth-order valence-electron chi connectivity index (χ4n) is 2.66. The summed E-state index contributed by atoms with van der Waals surface area (Å²) in [7, 11) is 3.24. The molecule has 112 valence electrons. The highest BCUT2D eigenvalue weighted by molar-refractivity contribution is 5.80. The van der Waals surface area contributed by atoms with Gasteiger partial charge in [-0.3, -0.25) is 9.69 Å². The summed E-state index contributed by atoms with van der Waals surface area (Å²) in [5.74, 6) is -0.207. The molecule has 0 aromatic rings. The number of nitrogens with zero attached hydrogens (tertiary/aromatic N) is 1. The van der Waals surface area contributed by atoms with Crippen molar-refractivity contribution in [1.82, 2.24) is 10.2 Å².